The number of rotatable bonds is 4. The van der Waals surface area contributed by atoms with E-state index >= 15 is 0 Å². The molecule has 16 heavy (non-hydrogen) atoms. The highest BCUT2D eigenvalue weighted by Gasteiger charge is 2.19. The number of aryl methyl sites for hydroxylation is 1. The normalized spacial score (nSPS) is 12.2. The molecule has 1 amide bonds. The van der Waals surface area contributed by atoms with Crippen LogP contribution in [0.3, 0.4) is 0 Å². The molecule has 6 heteroatoms. The van der Waals surface area contributed by atoms with Crippen molar-refractivity contribution in [2.45, 2.75) is 26.3 Å². The van der Waals surface area contributed by atoms with Crippen molar-refractivity contribution in [2.24, 2.45) is 5.73 Å². The van der Waals surface area contributed by atoms with E-state index in [0.717, 1.165) is 5.01 Å². The molecule has 0 aliphatic heterocycles. The Bertz CT molecular complexity index is 403. The summed E-state index contributed by atoms with van der Waals surface area (Å²) in [5.74, 6) is -0.0897. The first-order valence-corrected chi connectivity index (χ1v) is 6.18. The summed E-state index contributed by atoms with van der Waals surface area (Å²) in [6, 6.07) is -0.00740. The Morgan fingerprint density at radius 2 is 2.38 bits per heavy atom. The number of hydrogen-bond donors (Lipinski definition) is 1. The van der Waals surface area contributed by atoms with Gasteiger partial charge in [-0.3, -0.25) is 4.79 Å². The maximum absolute atomic E-state index is 12.0. The summed E-state index contributed by atoms with van der Waals surface area (Å²) >= 11 is 6.29. The second kappa shape index (κ2) is 5.36. The Kier molecular flexibility index (Phi) is 4.37. The van der Waals surface area contributed by atoms with Gasteiger partial charge in [-0.25, -0.2) is 4.98 Å². The molecule has 1 aromatic heterocycles. The van der Waals surface area contributed by atoms with E-state index in [4.69, 9.17) is 18.0 Å². The fourth-order valence-corrected chi connectivity index (χ4v) is 2.10. The van der Waals surface area contributed by atoms with E-state index in [0.29, 0.717) is 17.1 Å². The lowest BCUT2D eigenvalue weighted by molar-refractivity contribution is 0.0743. The van der Waals surface area contributed by atoms with Gasteiger partial charge in [0, 0.05) is 24.9 Å². The van der Waals surface area contributed by atoms with Crippen molar-refractivity contribution in [1.29, 1.82) is 0 Å². The van der Waals surface area contributed by atoms with E-state index in [9.17, 15) is 4.79 Å². The zero-order valence-electron chi connectivity index (χ0n) is 9.56. The van der Waals surface area contributed by atoms with Gasteiger partial charge in [0.05, 0.1) is 10.00 Å². The van der Waals surface area contributed by atoms with Gasteiger partial charge in [-0.05, 0) is 13.8 Å². The lowest BCUT2D eigenvalue weighted by atomic mass is 10.2. The number of carbonyl (C=O) groups is 1. The van der Waals surface area contributed by atoms with E-state index < -0.39 is 0 Å². The number of amides is 1. The van der Waals surface area contributed by atoms with Gasteiger partial charge in [0.1, 0.15) is 5.69 Å². The number of nitrogens with two attached hydrogens (primary N) is 1. The summed E-state index contributed by atoms with van der Waals surface area (Å²) in [4.78, 5) is 18.2. The smallest absolute Gasteiger partial charge is 0.273 e. The van der Waals surface area contributed by atoms with E-state index in [2.05, 4.69) is 4.98 Å². The van der Waals surface area contributed by atoms with E-state index in [1.807, 2.05) is 13.8 Å². The van der Waals surface area contributed by atoms with Crippen LogP contribution in [0.2, 0.25) is 0 Å². The minimum Gasteiger partial charge on any atom is -0.393 e. The van der Waals surface area contributed by atoms with Gasteiger partial charge in [0.25, 0.3) is 5.91 Å². The predicted molar refractivity (Wildman–Crippen MR) is 69.8 cm³/mol. The fourth-order valence-electron chi connectivity index (χ4n) is 1.27. The van der Waals surface area contributed by atoms with Crippen molar-refractivity contribution in [3.63, 3.8) is 0 Å². The van der Waals surface area contributed by atoms with Gasteiger partial charge < -0.3 is 10.6 Å². The minimum absolute atomic E-state index is 0.00740. The van der Waals surface area contributed by atoms with Gasteiger partial charge in [0.15, 0.2) is 0 Å². The first-order chi connectivity index (χ1) is 7.41. The third-order valence-electron chi connectivity index (χ3n) is 2.32. The molecule has 0 bridgehead atoms. The van der Waals surface area contributed by atoms with Crippen molar-refractivity contribution < 1.29 is 4.79 Å². The van der Waals surface area contributed by atoms with Crippen molar-refractivity contribution in [3.05, 3.63) is 16.1 Å². The highest BCUT2D eigenvalue weighted by Crippen LogP contribution is 2.12. The van der Waals surface area contributed by atoms with Crippen LogP contribution in [0.5, 0.6) is 0 Å². The topological polar surface area (TPSA) is 59.2 Å². The number of nitrogens with zero attached hydrogens (tertiary/aromatic N) is 2. The Morgan fingerprint density at radius 3 is 2.81 bits per heavy atom. The van der Waals surface area contributed by atoms with Crippen LogP contribution in [0, 0.1) is 6.92 Å². The van der Waals surface area contributed by atoms with Gasteiger partial charge in [0.2, 0.25) is 0 Å². The molecule has 1 heterocycles. The highest BCUT2D eigenvalue weighted by atomic mass is 32.1. The molecule has 0 aliphatic carbocycles. The molecule has 0 fully saturated rings. The summed E-state index contributed by atoms with van der Waals surface area (Å²) < 4.78 is 0. The molecule has 1 aromatic rings. The summed E-state index contributed by atoms with van der Waals surface area (Å²) in [6.45, 7) is 3.79. The van der Waals surface area contributed by atoms with Crippen molar-refractivity contribution in [2.75, 3.05) is 7.05 Å². The average Bonchev–Trinajstić information content (AvgIpc) is 2.61. The molecule has 1 atom stereocenters. The maximum Gasteiger partial charge on any atom is 0.273 e. The van der Waals surface area contributed by atoms with Crippen molar-refractivity contribution >= 4 is 34.5 Å². The number of thiocarbonyl (C=S) groups is 1. The number of aromatic nitrogens is 1. The zero-order chi connectivity index (χ0) is 12.3. The van der Waals surface area contributed by atoms with Crippen LogP contribution < -0.4 is 5.73 Å². The predicted octanol–water partition coefficient (Wildman–Crippen LogP) is 1.59. The zero-order valence-corrected chi connectivity index (χ0v) is 11.2. The monoisotopic (exact) mass is 257 g/mol. The Labute approximate surface area is 104 Å². The summed E-state index contributed by atoms with van der Waals surface area (Å²) in [6.07, 6.45) is 0.528. The molecule has 2 N–H and O–H groups in total. The Morgan fingerprint density at radius 1 is 1.75 bits per heavy atom. The second-order valence-electron chi connectivity index (χ2n) is 3.69. The maximum atomic E-state index is 12.0. The third-order valence-corrected chi connectivity index (χ3v) is 3.26. The van der Waals surface area contributed by atoms with Crippen LogP contribution in [0.15, 0.2) is 5.38 Å². The molecule has 0 aromatic carbocycles. The quantitative estimate of drug-likeness (QED) is 0.832. The lowest BCUT2D eigenvalue weighted by Crippen LogP contribution is -2.37. The Balaban J connectivity index is 2.70. The van der Waals surface area contributed by atoms with Crippen LogP contribution in [0.1, 0.15) is 28.8 Å². The van der Waals surface area contributed by atoms with Crippen molar-refractivity contribution in [3.8, 4) is 0 Å². The first kappa shape index (κ1) is 13.1. The summed E-state index contributed by atoms with van der Waals surface area (Å²) in [5, 5.41) is 2.65. The average molecular weight is 257 g/mol. The lowest BCUT2D eigenvalue weighted by Gasteiger charge is -2.23. The van der Waals surface area contributed by atoms with Gasteiger partial charge in [-0.1, -0.05) is 12.2 Å². The van der Waals surface area contributed by atoms with Gasteiger partial charge >= 0.3 is 0 Å². The molecule has 1 rings (SSSR count). The SMILES string of the molecule is Cc1nc(C(=O)N(C)C(C)CC(N)=S)cs1. The van der Waals surface area contributed by atoms with Crippen LogP contribution >= 0.6 is 23.6 Å². The van der Waals surface area contributed by atoms with Crippen molar-refractivity contribution in [1.82, 2.24) is 9.88 Å². The minimum atomic E-state index is -0.0897. The number of carbonyl (C=O) groups excluding carboxylic acids is 1. The number of hydrogen-bond acceptors (Lipinski definition) is 4. The summed E-state index contributed by atoms with van der Waals surface area (Å²) in [5.41, 5.74) is 5.94. The molecule has 0 radical (unpaired) electrons. The van der Waals surface area contributed by atoms with E-state index in [1.165, 1.54) is 11.3 Å². The highest BCUT2D eigenvalue weighted by molar-refractivity contribution is 7.80. The second-order valence-corrected chi connectivity index (χ2v) is 5.27. The van der Waals surface area contributed by atoms with E-state index in [-0.39, 0.29) is 11.9 Å². The molecule has 0 saturated carbocycles. The Hall–Kier alpha value is -1.01. The first-order valence-electron chi connectivity index (χ1n) is 4.89. The molecular formula is C10H15N3OS2. The molecular weight excluding hydrogens is 242 g/mol. The fraction of sp³-hybridized carbons (Fsp3) is 0.500. The standard InChI is InChI=1S/C10H15N3OS2/c1-6(4-9(11)15)13(3)10(14)8-5-16-7(2)12-8/h5-6H,4H2,1-3H3,(H2,11,15). The van der Waals surface area contributed by atoms with Gasteiger partial charge in [-0.15, -0.1) is 11.3 Å². The van der Waals surface area contributed by atoms with Gasteiger partial charge in [-0.2, -0.15) is 0 Å². The largest absolute Gasteiger partial charge is 0.393 e. The molecule has 1 unspecified atom stereocenters. The van der Waals surface area contributed by atoms with Crippen LogP contribution in [-0.2, 0) is 0 Å². The third kappa shape index (κ3) is 3.24. The molecule has 0 saturated heterocycles. The molecule has 0 aliphatic rings. The summed E-state index contributed by atoms with van der Waals surface area (Å²) in [7, 11) is 1.74. The molecule has 0 spiro atoms. The van der Waals surface area contributed by atoms with Crippen LogP contribution in [0.25, 0.3) is 0 Å². The molecule has 4 nitrogen and oxygen atoms in total. The molecule has 88 valence electrons. The van der Waals surface area contributed by atoms with Crippen LogP contribution in [0.4, 0.5) is 0 Å². The van der Waals surface area contributed by atoms with E-state index in [1.54, 1.807) is 17.3 Å². The number of thiazole rings is 1. The van der Waals surface area contributed by atoms with Crippen LogP contribution in [-0.4, -0.2) is 33.9 Å².